The molecule has 1 heterocycles. The minimum atomic E-state index is -3.42. The van der Waals surface area contributed by atoms with E-state index in [0.717, 1.165) is 25.7 Å². The summed E-state index contributed by atoms with van der Waals surface area (Å²) in [6, 6.07) is 1.60. The van der Waals surface area contributed by atoms with E-state index in [9.17, 15) is 8.42 Å². The van der Waals surface area contributed by atoms with E-state index in [2.05, 4.69) is 24.0 Å². The molecule has 0 bridgehead atoms. The molecule has 0 aliphatic heterocycles. The molecule has 1 fully saturated rings. The zero-order valence-electron chi connectivity index (χ0n) is 11.2. The van der Waals surface area contributed by atoms with Gasteiger partial charge in [-0.05, 0) is 37.2 Å². The van der Waals surface area contributed by atoms with Gasteiger partial charge in [-0.15, -0.1) is 0 Å². The summed E-state index contributed by atoms with van der Waals surface area (Å²) in [6.45, 7) is 4.49. The SMILES string of the molecule is CN(C1CCC(C)(C)CC1)S(=O)(=O)c1ccn[nH]1. The van der Waals surface area contributed by atoms with E-state index in [1.165, 1.54) is 16.6 Å². The van der Waals surface area contributed by atoms with Gasteiger partial charge in [-0.3, -0.25) is 5.10 Å². The highest BCUT2D eigenvalue weighted by Gasteiger charge is 2.34. The molecule has 0 amide bonds. The van der Waals surface area contributed by atoms with Crippen molar-refractivity contribution in [3.63, 3.8) is 0 Å². The maximum Gasteiger partial charge on any atom is 0.259 e. The van der Waals surface area contributed by atoms with Crippen molar-refractivity contribution in [3.05, 3.63) is 12.3 Å². The van der Waals surface area contributed by atoms with Crippen LogP contribution in [0.1, 0.15) is 39.5 Å². The number of sulfonamides is 1. The number of aromatic amines is 1. The highest BCUT2D eigenvalue weighted by atomic mass is 32.2. The summed E-state index contributed by atoms with van der Waals surface area (Å²) < 4.78 is 26.1. The van der Waals surface area contributed by atoms with Crippen LogP contribution in [0.25, 0.3) is 0 Å². The average Bonchev–Trinajstić information content (AvgIpc) is 2.82. The predicted octanol–water partition coefficient (Wildman–Crippen LogP) is 2.00. The lowest BCUT2D eigenvalue weighted by atomic mass is 9.76. The van der Waals surface area contributed by atoms with Gasteiger partial charge in [0.2, 0.25) is 0 Å². The highest BCUT2D eigenvalue weighted by molar-refractivity contribution is 7.89. The lowest BCUT2D eigenvalue weighted by molar-refractivity contribution is 0.174. The van der Waals surface area contributed by atoms with Gasteiger partial charge in [-0.1, -0.05) is 13.8 Å². The molecule has 18 heavy (non-hydrogen) atoms. The minimum absolute atomic E-state index is 0.103. The van der Waals surface area contributed by atoms with Gasteiger partial charge in [0.15, 0.2) is 5.03 Å². The smallest absolute Gasteiger partial charge is 0.259 e. The van der Waals surface area contributed by atoms with Crippen molar-refractivity contribution >= 4 is 10.0 Å². The first kappa shape index (κ1) is 13.5. The van der Waals surface area contributed by atoms with Crippen LogP contribution in [0, 0.1) is 5.41 Å². The Kier molecular flexibility index (Phi) is 3.51. The first-order valence-electron chi connectivity index (χ1n) is 6.30. The summed E-state index contributed by atoms with van der Waals surface area (Å²) in [5.41, 5.74) is 0.342. The Morgan fingerprint density at radius 1 is 1.39 bits per heavy atom. The standard InChI is InChI=1S/C12H21N3O2S/c1-12(2)7-4-10(5-8-12)15(3)18(16,17)11-6-9-13-14-11/h6,9-10H,4-5,7-8H2,1-3H3,(H,13,14). The summed E-state index contributed by atoms with van der Waals surface area (Å²) in [7, 11) is -1.75. The topological polar surface area (TPSA) is 66.1 Å². The van der Waals surface area contributed by atoms with Crippen molar-refractivity contribution in [2.24, 2.45) is 5.41 Å². The van der Waals surface area contributed by atoms with E-state index in [0.29, 0.717) is 5.41 Å². The molecule has 1 aromatic heterocycles. The predicted molar refractivity (Wildman–Crippen MR) is 69.6 cm³/mol. The Balaban J connectivity index is 2.11. The van der Waals surface area contributed by atoms with E-state index >= 15 is 0 Å². The molecule has 0 unspecified atom stereocenters. The average molecular weight is 271 g/mol. The first-order chi connectivity index (χ1) is 8.33. The third-order valence-corrected chi connectivity index (χ3v) is 5.79. The van der Waals surface area contributed by atoms with E-state index in [1.807, 2.05) is 0 Å². The van der Waals surface area contributed by atoms with Gasteiger partial charge in [0, 0.05) is 13.1 Å². The normalized spacial score (nSPS) is 21.3. The van der Waals surface area contributed by atoms with Crippen LogP contribution < -0.4 is 0 Å². The van der Waals surface area contributed by atoms with Crippen molar-refractivity contribution in [1.82, 2.24) is 14.5 Å². The second-order valence-electron chi connectivity index (χ2n) is 5.84. The largest absolute Gasteiger partial charge is 0.266 e. The molecule has 1 aliphatic carbocycles. The molecule has 1 aromatic rings. The van der Waals surface area contributed by atoms with Crippen LogP contribution in [0.4, 0.5) is 0 Å². The Labute approximate surface area is 109 Å². The monoisotopic (exact) mass is 271 g/mol. The molecule has 1 aliphatic rings. The number of aromatic nitrogens is 2. The fraction of sp³-hybridized carbons (Fsp3) is 0.750. The van der Waals surface area contributed by atoms with Crippen molar-refractivity contribution in [2.45, 2.75) is 50.6 Å². The molecule has 2 rings (SSSR count). The third-order valence-electron chi connectivity index (χ3n) is 3.96. The van der Waals surface area contributed by atoms with Crippen molar-refractivity contribution in [1.29, 1.82) is 0 Å². The molecule has 5 nitrogen and oxygen atoms in total. The maximum atomic E-state index is 12.3. The van der Waals surface area contributed by atoms with Gasteiger partial charge in [0.1, 0.15) is 0 Å². The van der Waals surface area contributed by atoms with Gasteiger partial charge < -0.3 is 0 Å². The summed E-state index contributed by atoms with van der Waals surface area (Å²) in [5.74, 6) is 0. The van der Waals surface area contributed by atoms with Crippen LogP contribution in [-0.2, 0) is 10.0 Å². The van der Waals surface area contributed by atoms with Crippen LogP contribution >= 0.6 is 0 Å². The summed E-state index contributed by atoms with van der Waals surface area (Å²) in [4.78, 5) is 0. The number of hydrogen-bond acceptors (Lipinski definition) is 3. The molecule has 1 saturated carbocycles. The first-order valence-corrected chi connectivity index (χ1v) is 7.74. The summed E-state index contributed by atoms with van der Waals surface area (Å²) in [6.07, 6.45) is 5.46. The number of nitrogens with one attached hydrogen (secondary N) is 1. The van der Waals surface area contributed by atoms with Crippen LogP contribution in [0.5, 0.6) is 0 Å². The molecule has 0 aromatic carbocycles. The van der Waals surface area contributed by atoms with E-state index in [-0.39, 0.29) is 11.1 Å². The van der Waals surface area contributed by atoms with Crippen LogP contribution in [-0.4, -0.2) is 36.0 Å². The number of nitrogens with zero attached hydrogens (tertiary/aromatic N) is 2. The van der Waals surface area contributed by atoms with Gasteiger partial charge in [-0.25, -0.2) is 8.42 Å². The van der Waals surface area contributed by atoms with E-state index in [4.69, 9.17) is 0 Å². The molecule has 0 spiro atoms. The highest BCUT2D eigenvalue weighted by Crippen LogP contribution is 2.37. The molecule has 0 atom stereocenters. The minimum Gasteiger partial charge on any atom is -0.266 e. The molecule has 1 N–H and O–H groups in total. The van der Waals surface area contributed by atoms with Crippen LogP contribution in [0.3, 0.4) is 0 Å². The zero-order valence-corrected chi connectivity index (χ0v) is 12.0. The molecule has 0 saturated heterocycles. The zero-order chi connectivity index (χ0) is 13.4. The second kappa shape index (κ2) is 4.66. The fourth-order valence-electron chi connectivity index (χ4n) is 2.49. The molecular weight excluding hydrogens is 250 g/mol. The summed E-state index contributed by atoms with van der Waals surface area (Å²) >= 11 is 0. The Hall–Kier alpha value is -0.880. The number of hydrogen-bond donors (Lipinski definition) is 1. The summed E-state index contributed by atoms with van der Waals surface area (Å²) in [5, 5.41) is 6.42. The maximum absolute atomic E-state index is 12.3. The van der Waals surface area contributed by atoms with E-state index < -0.39 is 10.0 Å². The van der Waals surface area contributed by atoms with Gasteiger partial charge in [-0.2, -0.15) is 9.40 Å². The Morgan fingerprint density at radius 3 is 2.50 bits per heavy atom. The fourth-order valence-corrected chi connectivity index (χ4v) is 3.80. The third kappa shape index (κ3) is 2.59. The van der Waals surface area contributed by atoms with Crippen LogP contribution in [0.2, 0.25) is 0 Å². The quantitative estimate of drug-likeness (QED) is 0.914. The number of rotatable bonds is 3. The Bertz CT molecular complexity index is 483. The lowest BCUT2D eigenvalue weighted by Gasteiger charge is -2.37. The molecule has 102 valence electrons. The number of H-pyrrole nitrogens is 1. The van der Waals surface area contributed by atoms with Crippen molar-refractivity contribution in [2.75, 3.05) is 7.05 Å². The van der Waals surface area contributed by atoms with Crippen LogP contribution in [0.15, 0.2) is 17.3 Å². The van der Waals surface area contributed by atoms with E-state index in [1.54, 1.807) is 7.05 Å². The lowest BCUT2D eigenvalue weighted by Crippen LogP contribution is -2.40. The molecule has 0 radical (unpaired) electrons. The Morgan fingerprint density at radius 2 is 2.00 bits per heavy atom. The van der Waals surface area contributed by atoms with Crippen molar-refractivity contribution in [3.8, 4) is 0 Å². The van der Waals surface area contributed by atoms with Crippen molar-refractivity contribution < 1.29 is 8.42 Å². The van der Waals surface area contributed by atoms with Gasteiger partial charge >= 0.3 is 0 Å². The second-order valence-corrected chi connectivity index (χ2v) is 7.80. The van der Waals surface area contributed by atoms with Gasteiger partial charge in [0.05, 0.1) is 6.20 Å². The molecular formula is C12H21N3O2S. The van der Waals surface area contributed by atoms with Gasteiger partial charge in [0.25, 0.3) is 10.0 Å². The molecule has 6 heteroatoms.